The van der Waals surface area contributed by atoms with Crippen LogP contribution >= 0.6 is 0 Å². The molecular formula is C22H28N4O3. The maximum Gasteiger partial charge on any atom is 0.331 e. The van der Waals surface area contributed by atoms with E-state index >= 15 is 0 Å². The number of likely N-dealkylation sites (tertiary alicyclic amines) is 1. The fraction of sp³-hybridized carbons (Fsp3) is 0.455. The van der Waals surface area contributed by atoms with Crippen LogP contribution in [0.3, 0.4) is 0 Å². The Kier molecular flexibility index (Phi) is 6.93. The number of imide groups is 2. The average molecular weight is 396 g/mol. The topological polar surface area (TPSA) is 82.1 Å². The fourth-order valence-electron chi connectivity index (χ4n) is 3.86. The molecule has 2 aliphatic heterocycles. The van der Waals surface area contributed by atoms with Gasteiger partial charge in [-0.2, -0.15) is 0 Å². The molecule has 7 nitrogen and oxygen atoms in total. The molecule has 0 spiro atoms. The highest BCUT2D eigenvalue weighted by Gasteiger charge is 2.42. The monoisotopic (exact) mass is 396 g/mol. The van der Waals surface area contributed by atoms with Crippen LogP contribution in [0, 0.1) is 5.92 Å². The number of barbiturate groups is 1. The summed E-state index contributed by atoms with van der Waals surface area (Å²) in [5, 5.41) is 2.27. The molecule has 1 N–H and O–H groups in total. The van der Waals surface area contributed by atoms with E-state index in [0.29, 0.717) is 12.1 Å². The van der Waals surface area contributed by atoms with Crippen molar-refractivity contribution in [3.05, 3.63) is 48.6 Å². The van der Waals surface area contributed by atoms with Crippen molar-refractivity contribution in [2.75, 3.05) is 19.6 Å². The molecule has 4 amide bonds. The third kappa shape index (κ3) is 4.98. The van der Waals surface area contributed by atoms with Gasteiger partial charge in [0.15, 0.2) is 5.92 Å². The Labute approximate surface area is 171 Å². The minimum Gasteiger partial charge on any atom is -0.299 e. The van der Waals surface area contributed by atoms with E-state index in [4.69, 9.17) is 4.99 Å². The van der Waals surface area contributed by atoms with E-state index in [9.17, 15) is 14.4 Å². The number of hydrogen-bond donors (Lipinski definition) is 1. The van der Waals surface area contributed by atoms with Gasteiger partial charge in [-0.3, -0.25) is 29.7 Å². The molecule has 154 valence electrons. The summed E-state index contributed by atoms with van der Waals surface area (Å²) in [5.41, 5.74) is 1.84. The number of aliphatic imine (C=N–C) groups is 1. The van der Waals surface area contributed by atoms with Gasteiger partial charge in [0.2, 0.25) is 11.8 Å². The largest absolute Gasteiger partial charge is 0.331 e. The number of rotatable bonds is 7. The molecule has 2 heterocycles. The van der Waals surface area contributed by atoms with Crippen LogP contribution in [0.1, 0.15) is 31.7 Å². The van der Waals surface area contributed by atoms with Gasteiger partial charge >= 0.3 is 6.03 Å². The van der Waals surface area contributed by atoms with Crippen LogP contribution in [0.4, 0.5) is 4.79 Å². The first-order valence-electron chi connectivity index (χ1n) is 10.1. The highest BCUT2D eigenvalue weighted by Crippen LogP contribution is 2.20. The Balaban J connectivity index is 1.65. The minimum absolute atomic E-state index is 0.0727. The number of urea groups is 1. The molecule has 1 atom stereocenters. The predicted molar refractivity (Wildman–Crippen MR) is 111 cm³/mol. The van der Waals surface area contributed by atoms with E-state index in [1.807, 2.05) is 25.1 Å². The van der Waals surface area contributed by atoms with Crippen LogP contribution in [0.15, 0.2) is 48.0 Å². The first-order valence-corrected chi connectivity index (χ1v) is 10.1. The molecule has 29 heavy (non-hydrogen) atoms. The third-order valence-corrected chi connectivity index (χ3v) is 5.41. The predicted octanol–water partition coefficient (Wildman–Crippen LogP) is 2.38. The van der Waals surface area contributed by atoms with Crippen LogP contribution in [-0.4, -0.2) is 59.0 Å². The van der Waals surface area contributed by atoms with E-state index in [-0.39, 0.29) is 12.6 Å². The third-order valence-electron chi connectivity index (χ3n) is 5.41. The summed E-state index contributed by atoms with van der Waals surface area (Å²) in [4.78, 5) is 45.2. The van der Waals surface area contributed by atoms with Crippen molar-refractivity contribution in [3.8, 4) is 0 Å². The van der Waals surface area contributed by atoms with E-state index < -0.39 is 23.8 Å². The molecule has 0 aliphatic carbocycles. The number of amides is 4. The minimum atomic E-state index is -1.03. The molecule has 7 heteroatoms. The Morgan fingerprint density at radius 3 is 2.52 bits per heavy atom. The SMILES string of the molecule is C=CCN1C(=O)NC(=O)C(C(CC)=NC2CCN(Cc3ccccc3)CC2)C1=O. The van der Waals surface area contributed by atoms with Crippen molar-refractivity contribution >= 4 is 23.6 Å². The van der Waals surface area contributed by atoms with Gasteiger partial charge in [0, 0.05) is 31.9 Å². The zero-order chi connectivity index (χ0) is 20.8. The van der Waals surface area contributed by atoms with Crippen molar-refractivity contribution in [2.45, 2.75) is 38.8 Å². The van der Waals surface area contributed by atoms with Gasteiger partial charge in [-0.15, -0.1) is 6.58 Å². The summed E-state index contributed by atoms with van der Waals surface area (Å²) >= 11 is 0. The van der Waals surface area contributed by atoms with Crippen LogP contribution in [-0.2, 0) is 16.1 Å². The summed E-state index contributed by atoms with van der Waals surface area (Å²) < 4.78 is 0. The Morgan fingerprint density at radius 2 is 1.90 bits per heavy atom. The summed E-state index contributed by atoms with van der Waals surface area (Å²) in [6, 6.07) is 9.76. The summed E-state index contributed by atoms with van der Waals surface area (Å²) in [6.07, 6.45) is 3.72. The molecule has 0 radical (unpaired) electrons. The second-order valence-electron chi connectivity index (χ2n) is 7.43. The van der Waals surface area contributed by atoms with Gasteiger partial charge in [0.1, 0.15) is 0 Å². The summed E-state index contributed by atoms with van der Waals surface area (Å²) in [5.74, 6) is -2.12. The number of hydrogen-bond acceptors (Lipinski definition) is 5. The smallest absolute Gasteiger partial charge is 0.299 e. The molecule has 0 aromatic heterocycles. The number of carbonyl (C=O) groups is 3. The summed E-state index contributed by atoms with van der Waals surface area (Å²) in [6.45, 7) is 8.29. The highest BCUT2D eigenvalue weighted by molar-refractivity contribution is 6.27. The number of carbonyl (C=O) groups excluding carboxylic acids is 3. The molecule has 2 fully saturated rings. The lowest BCUT2D eigenvalue weighted by molar-refractivity contribution is -0.139. The van der Waals surface area contributed by atoms with Crippen molar-refractivity contribution in [3.63, 3.8) is 0 Å². The van der Waals surface area contributed by atoms with E-state index in [1.54, 1.807) is 0 Å². The number of nitrogens with zero attached hydrogens (tertiary/aromatic N) is 3. The van der Waals surface area contributed by atoms with Gasteiger partial charge in [-0.05, 0) is 24.8 Å². The fourth-order valence-corrected chi connectivity index (χ4v) is 3.86. The average Bonchev–Trinajstić information content (AvgIpc) is 2.72. The lowest BCUT2D eigenvalue weighted by Gasteiger charge is -2.32. The molecule has 3 rings (SSSR count). The van der Waals surface area contributed by atoms with Crippen LogP contribution in [0.2, 0.25) is 0 Å². The molecule has 1 unspecified atom stereocenters. The van der Waals surface area contributed by atoms with Crippen molar-refractivity contribution in [1.82, 2.24) is 15.1 Å². The molecule has 0 bridgehead atoms. The number of benzene rings is 1. The van der Waals surface area contributed by atoms with Gasteiger partial charge in [0.05, 0.1) is 6.04 Å². The molecule has 2 aliphatic rings. The van der Waals surface area contributed by atoms with Crippen molar-refractivity contribution in [1.29, 1.82) is 0 Å². The van der Waals surface area contributed by atoms with Gasteiger partial charge in [-0.25, -0.2) is 4.79 Å². The zero-order valence-electron chi connectivity index (χ0n) is 16.8. The van der Waals surface area contributed by atoms with E-state index in [2.05, 4.69) is 28.9 Å². The van der Waals surface area contributed by atoms with Gasteiger partial charge in [-0.1, -0.05) is 43.3 Å². The lowest BCUT2D eigenvalue weighted by atomic mass is 9.95. The lowest BCUT2D eigenvalue weighted by Crippen LogP contribution is -2.59. The van der Waals surface area contributed by atoms with Gasteiger partial charge < -0.3 is 0 Å². The molecule has 1 aromatic carbocycles. The molecule has 2 saturated heterocycles. The van der Waals surface area contributed by atoms with E-state index in [0.717, 1.165) is 37.4 Å². The standard InChI is InChI=1S/C22H28N4O3/c1-3-12-26-21(28)19(20(27)24-22(26)29)18(4-2)23-17-10-13-25(14-11-17)15-16-8-6-5-7-9-16/h3,5-9,17,19H,1,4,10-15H2,2H3,(H,24,27,29). The first kappa shape index (κ1) is 20.9. The first-order chi connectivity index (χ1) is 14.0. The Hall–Kier alpha value is -2.80. The van der Waals surface area contributed by atoms with Crippen LogP contribution in [0.5, 0.6) is 0 Å². The van der Waals surface area contributed by atoms with Gasteiger partial charge in [0.25, 0.3) is 0 Å². The zero-order valence-corrected chi connectivity index (χ0v) is 16.8. The van der Waals surface area contributed by atoms with E-state index in [1.165, 1.54) is 11.6 Å². The normalized spacial score (nSPS) is 22.0. The molecule has 0 saturated carbocycles. The van der Waals surface area contributed by atoms with Crippen molar-refractivity contribution < 1.29 is 14.4 Å². The number of piperidine rings is 1. The molecular weight excluding hydrogens is 368 g/mol. The Bertz CT molecular complexity index is 798. The highest BCUT2D eigenvalue weighted by atomic mass is 16.2. The second kappa shape index (κ2) is 9.60. The molecule has 1 aromatic rings. The number of nitrogens with one attached hydrogen (secondary N) is 1. The van der Waals surface area contributed by atoms with Crippen LogP contribution < -0.4 is 5.32 Å². The second-order valence-corrected chi connectivity index (χ2v) is 7.43. The van der Waals surface area contributed by atoms with Crippen molar-refractivity contribution in [2.24, 2.45) is 10.9 Å². The quantitative estimate of drug-likeness (QED) is 0.436. The summed E-state index contributed by atoms with van der Waals surface area (Å²) in [7, 11) is 0. The maximum absolute atomic E-state index is 12.7. The Morgan fingerprint density at radius 1 is 1.21 bits per heavy atom. The van der Waals surface area contributed by atoms with Crippen LogP contribution in [0.25, 0.3) is 0 Å². The maximum atomic E-state index is 12.7.